The highest BCUT2D eigenvalue weighted by Crippen LogP contribution is 2.76. The van der Waals surface area contributed by atoms with Crippen molar-refractivity contribution in [3.05, 3.63) is 23.3 Å². The van der Waals surface area contributed by atoms with Crippen LogP contribution in [0.1, 0.15) is 115 Å². The van der Waals surface area contributed by atoms with E-state index in [4.69, 9.17) is 37.9 Å². The summed E-state index contributed by atoms with van der Waals surface area (Å²) in [5.74, 6) is -5.83. The van der Waals surface area contributed by atoms with Gasteiger partial charge in [0.05, 0.1) is 62.2 Å². The van der Waals surface area contributed by atoms with E-state index in [1.54, 1.807) is 33.8 Å². The van der Waals surface area contributed by atoms with Gasteiger partial charge in [-0.15, -0.1) is 0 Å². The Hall–Kier alpha value is -2.79. The molecule has 0 amide bonds. The van der Waals surface area contributed by atoms with Gasteiger partial charge in [-0.3, -0.25) is 4.79 Å². The molecule has 8 unspecified atom stereocenters. The molecular weight excluding hydrogens is 1050 g/mol. The molecule has 5 aliphatic carbocycles. The Labute approximate surface area is 467 Å². The van der Waals surface area contributed by atoms with Crippen molar-refractivity contribution in [2.75, 3.05) is 26.4 Å². The van der Waals surface area contributed by atoms with Crippen LogP contribution >= 0.6 is 0 Å². The number of carboxylic acids is 1. The summed E-state index contributed by atoms with van der Waals surface area (Å²) in [4.78, 5) is 40.2. The minimum atomic E-state index is -1.97. The van der Waals surface area contributed by atoms with Crippen molar-refractivity contribution in [2.24, 2.45) is 62.1 Å². The number of ether oxygens (including phenoxy) is 8. The lowest BCUT2D eigenvalue weighted by Gasteiger charge is -2.73. The zero-order valence-corrected chi connectivity index (χ0v) is 47.9. The first-order valence-corrected chi connectivity index (χ1v) is 28.4. The summed E-state index contributed by atoms with van der Waals surface area (Å²) in [6.45, 7) is 18.1. The molecule has 8 aliphatic rings. The number of aliphatic hydroxyl groups is 11. The van der Waals surface area contributed by atoms with Crippen LogP contribution < -0.4 is 0 Å². The standard InChI is InChI=1S/C57H90O23/c1-12-25(4)48(72)79-44-45(80-47(71)24(2)3)57(23-60)28(19-52(44,5)6)27-13-14-32-54(9)17-16-33(53(7,8)31(54)15-18-55(32,10)56(27,11)42(67)43(57)68)76-51-40(77-50-39(66)37(64)35(62)29(20-58)75-50)26(34(61)41(78-51)46(69)70)22-73-49-38(65)36(63)30(21-59)74-49/h12-13,24,26,28-45,49-51,58-68H,14-23H2,1-11H3,(H,69,70)/b25-12-/t26-,28?,29?,30+,31?,32?,33+,34+,35+,36?,37-,38+,39?,40?,41?,42+,43-,44+,45+,49-,50+,51-,54+,55-,56+,57+/m1/s1. The summed E-state index contributed by atoms with van der Waals surface area (Å²) in [7, 11) is 0. The van der Waals surface area contributed by atoms with E-state index in [2.05, 4.69) is 19.9 Å². The zero-order chi connectivity index (χ0) is 59.3. The lowest BCUT2D eigenvalue weighted by molar-refractivity contribution is -0.373. The van der Waals surface area contributed by atoms with Crippen molar-refractivity contribution in [1.29, 1.82) is 0 Å². The van der Waals surface area contributed by atoms with E-state index in [-0.39, 0.29) is 11.8 Å². The molecule has 7 fully saturated rings. The number of carbonyl (C=O) groups excluding carboxylic acids is 2. The lowest BCUT2D eigenvalue weighted by atomic mass is 9.32. The molecule has 0 aromatic carbocycles. The second kappa shape index (κ2) is 22.9. The molecule has 0 spiro atoms. The van der Waals surface area contributed by atoms with Gasteiger partial charge in [0.1, 0.15) is 54.9 Å². The van der Waals surface area contributed by atoms with Gasteiger partial charge >= 0.3 is 17.9 Å². The largest absolute Gasteiger partial charge is 0.479 e. The molecule has 12 N–H and O–H groups in total. The smallest absolute Gasteiger partial charge is 0.335 e. The summed E-state index contributed by atoms with van der Waals surface area (Å²) in [5.41, 5.74) is -4.47. The lowest BCUT2D eigenvalue weighted by Crippen LogP contribution is -2.76. The number of rotatable bonds is 15. The number of carboxylic acid groups (broad SMARTS) is 1. The van der Waals surface area contributed by atoms with Crippen molar-refractivity contribution in [3.63, 3.8) is 0 Å². The van der Waals surface area contributed by atoms with Crippen LogP contribution in [0.25, 0.3) is 0 Å². The minimum Gasteiger partial charge on any atom is -0.479 e. The van der Waals surface area contributed by atoms with Crippen LogP contribution in [0.3, 0.4) is 0 Å². The first-order chi connectivity index (χ1) is 37.3. The minimum absolute atomic E-state index is 0.127. The quantitative estimate of drug-likeness (QED) is 0.0451. The average molecular weight is 1140 g/mol. The van der Waals surface area contributed by atoms with Gasteiger partial charge in [-0.2, -0.15) is 0 Å². The van der Waals surface area contributed by atoms with Crippen LogP contribution in [0.5, 0.6) is 0 Å². The van der Waals surface area contributed by atoms with Crippen molar-refractivity contribution in [3.8, 4) is 0 Å². The van der Waals surface area contributed by atoms with Crippen LogP contribution in [0, 0.1) is 62.1 Å². The third-order valence-electron chi connectivity index (χ3n) is 21.4. The van der Waals surface area contributed by atoms with E-state index in [9.17, 15) is 75.7 Å². The number of fused-ring (bicyclic) bond motifs is 7. The summed E-state index contributed by atoms with van der Waals surface area (Å²) >= 11 is 0. The Bertz CT molecular complexity index is 2320. The van der Waals surface area contributed by atoms with E-state index < -0.39 is 205 Å². The second-order valence-electron chi connectivity index (χ2n) is 26.6. The monoisotopic (exact) mass is 1140 g/mol. The molecular formula is C57H90O23. The fraction of sp³-hybridized carbons (Fsp3) is 0.877. The van der Waals surface area contributed by atoms with Crippen LogP contribution in [0.15, 0.2) is 23.3 Å². The summed E-state index contributed by atoms with van der Waals surface area (Å²) < 4.78 is 49.0. The number of aliphatic carboxylic acids is 1. The van der Waals surface area contributed by atoms with Crippen LogP contribution in [0.2, 0.25) is 0 Å². The first-order valence-electron chi connectivity index (χ1n) is 28.4. The molecule has 3 saturated heterocycles. The molecule has 0 bridgehead atoms. The van der Waals surface area contributed by atoms with Gasteiger partial charge < -0.3 is 99.2 Å². The predicted octanol–water partition coefficient (Wildman–Crippen LogP) is 0.200. The molecule has 26 atom stereocenters. The summed E-state index contributed by atoms with van der Waals surface area (Å²) in [6.07, 6.45) is -21.9. The Morgan fingerprint density at radius 3 is 1.93 bits per heavy atom. The fourth-order valence-corrected chi connectivity index (χ4v) is 16.4. The average Bonchev–Trinajstić information content (AvgIpc) is 3.82. The third-order valence-corrected chi connectivity index (χ3v) is 21.4. The van der Waals surface area contributed by atoms with E-state index in [0.717, 1.165) is 5.57 Å². The maximum Gasteiger partial charge on any atom is 0.335 e. The van der Waals surface area contributed by atoms with Crippen LogP contribution in [-0.2, 0) is 52.3 Å². The van der Waals surface area contributed by atoms with Gasteiger partial charge in [0.15, 0.2) is 31.1 Å². The fourth-order valence-electron chi connectivity index (χ4n) is 16.4. The number of aliphatic hydroxyl groups excluding tert-OH is 11. The van der Waals surface area contributed by atoms with Gasteiger partial charge in [0.2, 0.25) is 0 Å². The van der Waals surface area contributed by atoms with Crippen LogP contribution in [0.4, 0.5) is 0 Å². The third kappa shape index (κ3) is 9.93. The molecule has 80 heavy (non-hydrogen) atoms. The Morgan fingerprint density at radius 1 is 0.725 bits per heavy atom. The SMILES string of the molecule is C/C=C(/C)C(=O)O[C@H]1[C@H](OC(=O)C(C)C)[C@@]2(CO)C(CC1(C)C)C1=CCC3[C@@]4(C)CC[C@H](O[C@@H]5OC(C(=O)O)[C@@H](O)[C@@H](CO[C@@H]6O[C@@H](CO)C(O)[C@@H]6O)C5O[C@@H]5OC(CO)[C@H](O)[C@@H](O)C5O)C(C)(C)C4CC[C@@]3(C)[C@]1(C)[C@@H](O)[C@H]2O. The van der Waals surface area contributed by atoms with E-state index in [0.29, 0.717) is 44.1 Å². The van der Waals surface area contributed by atoms with Gasteiger partial charge in [0.25, 0.3) is 0 Å². The van der Waals surface area contributed by atoms with Gasteiger partial charge in [-0.1, -0.05) is 80.0 Å². The molecule has 0 aromatic heterocycles. The van der Waals surface area contributed by atoms with Gasteiger partial charge in [0, 0.05) is 22.3 Å². The maximum atomic E-state index is 13.7. The number of hydrogen-bond donors (Lipinski definition) is 12. The maximum absolute atomic E-state index is 13.7. The highest BCUT2D eigenvalue weighted by Gasteiger charge is 2.76. The molecule has 0 aromatic rings. The summed E-state index contributed by atoms with van der Waals surface area (Å²) in [6, 6.07) is 0. The van der Waals surface area contributed by atoms with Crippen LogP contribution in [-0.4, -0.2) is 216 Å². The number of allylic oxidation sites excluding steroid dienone is 2. The zero-order valence-electron chi connectivity index (χ0n) is 47.9. The van der Waals surface area contributed by atoms with E-state index in [1.807, 2.05) is 34.6 Å². The van der Waals surface area contributed by atoms with Crippen molar-refractivity contribution in [2.45, 2.75) is 225 Å². The first kappa shape index (κ1) is 63.2. The second-order valence-corrected chi connectivity index (χ2v) is 26.6. The molecule has 3 heterocycles. The topological polar surface area (TPSA) is 368 Å². The van der Waals surface area contributed by atoms with Crippen molar-refractivity contribution in [1.82, 2.24) is 0 Å². The van der Waals surface area contributed by atoms with E-state index >= 15 is 0 Å². The normalized spacial score (nSPS) is 48.9. The van der Waals surface area contributed by atoms with Gasteiger partial charge in [-0.25, -0.2) is 9.59 Å². The summed E-state index contributed by atoms with van der Waals surface area (Å²) in [5, 5.41) is 134. The number of carbonyl (C=O) groups is 3. The van der Waals surface area contributed by atoms with Gasteiger partial charge in [-0.05, 0) is 86.4 Å². The molecule has 23 heteroatoms. The molecule has 0 radical (unpaired) electrons. The molecule has 3 aliphatic heterocycles. The van der Waals surface area contributed by atoms with Crippen molar-refractivity contribution >= 4 is 17.9 Å². The molecule has 8 rings (SSSR count). The predicted molar refractivity (Wildman–Crippen MR) is 277 cm³/mol. The highest BCUT2D eigenvalue weighted by molar-refractivity contribution is 5.87. The number of esters is 2. The molecule has 4 saturated carbocycles. The Kier molecular flexibility index (Phi) is 18.1. The van der Waals surface area contributed by atoms with E-state index in [1.165, 1.54) is 0 Å². The number of hydrogen-bond acceptors (Lipinski definition) is 22. The Balaban J connectivity index is 1.13. The molecule has 23 nitrogen and oxygen atoms in total. The molecule has 456 valence electrons. The van der Waals surface area contributed by atoms with Crippen molar-refractivity contribution < 1.29 is 114 Å². The highest BCUT2D eigenvalue weighted by atomic mass is 16.8. The Morgan fingerprint density at radius 2 is 1.34 bits per heavy atom.